The van der Waals surface area contributed by atoms with Gasteiger partial charge in [0.25, 0.3) is 0 Å². The molecule has 2 aliphatic rings. The Morgan fingerprint density at radius 1 is 0.860 bits per heavy atom. The van der Waals surface area contributed by atoms with Crippen LogP contribution in [0.5, 0.6) is 0 Å². The highest BCUT2D eigenvalue weighted by molar-refractivity contribution is 5.68. The highest BCUT2D eigenvalue weighted by Crippen LogP contribution is 2.24. The van der Waals surface area contributed by atoms with Gasteiger partial charge in [0.15, 0.2) is 0 Å². The fraction of sp³-hybridized carbons (Fsp3) is 0.424. The number of nitrogens with zero attached hydrogens (tertiary/aromatic N) is 7. The summed E-state index contributed by atoms with van der Waals surface area (Å²) < 4.78 is 7.79. The van der Waals surface area contributed by atoms with E-state index in [1.54, 1.807) is 12.4 Å². The highest BCUT2D eigenvalue weighted by Gasteiger charge is 2.29. The summed E-state index contributed by atoms with van der Waals surface area (Å²) in [5.41, 5.74) is 3.23. The van der Waals surface area contributed by atoms with Crippen LogP contribution in [0.15, 0.2) is 85.3 Å². The van der Waals surface area contributed by atoms with Crippen molar-refractivity contribution in [1.29, 1.82) is 0 Å². The van der Waals surface area contributed by atoms with Crippen LogP contribution in [0.4, 0.5) is 10.7 Å². The molecule has 6 rings (SSSR count). The van der Waals surface area contributed by atoms with E-state index in [4.69, 9.17) is 4.74 Å². The van der Waals surface area contributed by atoms with Gasteiger partial charge in [0.1, 0.15) is 6.10 Å². The molecule has 2 atom stereocenters. The normalized spacial score (nSPS) is 17.4. The zero-order valence-corrected chi connectivity index (χ0v) is 24.5. The first kappa shape index (κ1) is 28.8. The molecular formula is C33H40N8O2. The minimum atomic E-state index is -0.355. The first-order valence-electron chi connectivity index (χ1n) is 15.4. The molecule has 2 fully saturated rings. The van der Waals surface area contributed by atoms with Crippen LogP contribution in [0, 0.1) is 0 Å². The highest BCUT2D eigenvalue weighted by atomic mass is 16.6. The molecule has 224 valence electrons. The summed E-state index contributed by atoms with van der Waals surface area (Å²) in [6, 6.07) is 22.1. The minimum Gasteiger partial charge on any atom is -0.446 e. The van der Waals surface area contributed by atoms with Crippen LogP contribution in [-0.4, -0.2) is 74.3 Å². The summed E-state index contributed by atoms with van der Waals surface area (Å²) in [5, 5.41) is 12.5. The van der Waals surface area contributed by atoms with Crippen molar-refractivity contribution in [3.05, 3.63) is 102 Å². The number of aromatic nitrogens is 5. The number of piperazine rings is 1. The number of hydrogen-bond donors (Lipinski definition) is 1. The van der Waals surface area contributed by atoms with Gasteiger partial charge in [0.2, 0.25) is 5.95 Å². The van der Waals surface area contributed by atoms with Gasteiger partial charge in [0, 0.05) is 45.1 Å². The maximum atomic E-state index is 13.2. The molecule has 1 N–H and O–H groups in total. The van der Waals surface area contributed by atoms with Crippen molar-refractivity contribution in [2.75, 3.05) is 31.1 Å². The van der Waals surface area contributed by atoms with Gasteiger partial charge in [0.05, 0.1) is 24.0 Å². The summed E-state index contributed by atoms with van der Waals surface area (Å²) >= 11 is 0. The number of amides is 1. The lowest BCUT2D eigenvalue weighted by atomic mass is 9.94. The summed E-state index contributed by atoms with van der Waals surface area (Å²) in [6.07, 6.45) is 10.7. The van der Waals surface area contributed by atoms with Gasteiger partial charge in [-0.25, -0.2) is 19.4 Å². The Bertz CT molecular complexity index is 1400. The van der Waals surface area contributed by atoms with Crippen LogP contribution >= 0.6 is 0 Å². The third-order valence-electron chi connectivity index (χ3n) is 8.42. The maximum absolute atomic E-state index is 13.2. The minimum absolute atomic E-state index is 0.00292. The molecule has 3 heterocycles. The van der Waals surface area contributed by atoms with Crippen LogP contribution in [-0.2, 0) is 24.1 Å². The van der Waals surface area contributed by atoms with E-state index in [0.29, 0.717) is 19.4 Å². The molecule has 43 heavy (non-hydrogen) atoms. The van der Waals surface area contributed by atoms with E-state index in [1.807, 2.05) is 53.3 Å². The Kier molecular flexibility index (Phi) is 9.54. The average Bonchev–Trinajstić information content (AvgIpc) is 3.74. The molecule has 1 amide bonds. The molecule has 2 aromatic carbocycles. The first-order chi connectivity index (χ1) is 21.2. The van der Waals surface area contributed by atoms with Gasteiger partial charge in [-0.2, -0.15) is 0 Å². The van der Waals surface area contributed by atoms with E-state index in [1.165, 1.54) is 5.56 Å². The van der Waals surface area contributed by atoms with Crippen molar-refractivity contribution in [3.8, 4) is 0 Å². The number of anilines is 1. The van der Waals surface area contributed by atoms with Gasteiger partial charge in [-0.15, -0.1) is 5.10 Å². The SMILES string of the molecule is O=C(N[C@@H](Cc1ccccc1)[C@H](Cc1ccccc1)n1cc(CN2CCN(c3ncccn3)CC2)nn1)OC1CCCC1. The number of ether oxygens (including phenoxy) is 1. The second kappa shape index (κ2) is 14.2. The van der Waals surface area contributed by atoms with Gasteiger partial charge >= 0.3 is 6.09 Å². The molecule has 1 aliphatic carbocycles. The number of benzene rings is 2. The second-order valence-corrected chi connectivity index (χ2v) is 11.5. The molecule has 4 aromatic rings. The van der Waals surface area contributed by atoms with E-state index < -0.39 is 0 Å². The van der Waals surface area contributed by atoms with Crippen molar-refractivity contribution < 1.29 is 9.53 Å². The van der Waals surface area contributed by atoms with Crippen molar-refractivity contribution in [3.63, 3.8) is 0 Å². The third-order valence-corrected chi connectivity index (χ3v) is 8.42. The van der Waals surface area contributed by atoms with E-state index in [0.717, 1.165) is 69.1 Å². The fourth-order valence-corrected chi connectivity index (χ4v) is 6.11. The van der Waals surface area contributed by atoms with Crippen LogP contribution in [0.3, 0.4) is 0 Å². The Morgan fingerprint density at radius 3 is 2.19 bits per heavy atom. The summed E-state index contributed by atoms with van der Waals surface area (Å²) in [7, 11) is 0. The second-order valence-electron chi connectivity index (χ2n) is 11.5. The quantitative estimate of drug-likeness (QED) is 0.278. The number of carbonyl (C=O) groups is 1. The van der Waals surface area contributed by atoms with Gasteiger partial charge in [-0.05, 0) is 55.7 Å². The predicted molar refractivity (Wildman–Crippen MR) is 165 cm³/mol. The first-order valence-corrected chi connectivity index (χ1v) is 15.4. The van der Waals surface area contributed by atoms with E-state index in [9.17, 15) is 4.79 Å². The number of rotatable bonds is 11. The van der Waals surface area contributed by atoms with Crippen LogP contribution in [0.1, 0.15) is 48.5 Å². The molecule has 1 saturated heterocycles. The Labute approximate surface area is 253 Å². The Hall–Kier alpha value is -4.31. The molecule has 1 saturated carbocycles. The number of alkyl carbamates (subject to hydrolysis) is 1. The lowest BCUT2D eigenvalue weighted by Crippen LogP contribution is -2.46. The lowest BCUT2D eigenvalue weighted by Gasteiger charge is -2.34. The molecule has 0 bridgehead atoms. The molecule has 0 unspecified atom stereocenters. The largest absolute Gasteiger partial charge is 0.446 e. The van der Waals surface area contributed by atoms with Gasteiger partial charge in [-0.3, -0.25) is 4.90 Å². The molecule has 10 heteroatoms. The fourth-order valence-electron chi connectivity index (χ4n) is 6.11. The summed E-state index contributed by atoms with van der Waals surface area (Å²) in [4.78, 5) is 26.6. The van der Waals surface area contributed by atoms with Crippen molar-refractivity contribution in [2.24, 2.45) is 0 Å². The van der Waals surface area contributed by atoms with Crippen LogP contribution < -0.4 is 10.2 Å². The predicted octanol–water partition coefficient (Wildman–Crippen LogP) is 4.45. The van der Waals surface area contributed by atoms with Crippen molar-refractivity contribution in [1.82, 2.24) is 35.2 Å². The molecule has 0 radical (unpaired) electrons. The van der Waals surface area contributed by atoms with Gasteiger partial charge in [-0.1, -0.05) is 65.9 Å². The number of carbonyl (C=O) groups excluding carboxylic acids is 1. The smallest absolute Gasteiger partial charge is 0.407 e. The third kappa shape index (κ3) is 7.95. The van der Waals surface area contributed by atoms with Crippen LogP contribution in [0.2, 0.25) is 0 Å². The topological polar surface area (TPSA) is 101 Å². The van der Waals surface area contributed by atoms with E-state index in [2.05, 4.69) is 59.7 Å². The lowest BCUT2D eigenvalue weighted by molar-refractivity contribution is 0.0946. The van der Waals surface area contributed by atoms with E-state index in [-0.39, 0.29) is 24.3 Å². The van der Waals surface area contributed by atoms with Crippen molar-refractivity contribution >= 4 is 12.0 Å². The van der Waals surface area contributed by atoms with Crippen molar-refractivity contribution in [2.45, 2.75) is 63.3 Å². The Morgan fingerprint density at radius 2 is 1.51 bits per heavy atom. The molecule has 10 nitrogen and oxygen atoms in total. The number of hydrogen-bond acceptors (Lipinski definition) is 8. The standard InChI is InChI=1S/C33H40N8O2/c42-33(43-29-14-7-8-15-29)36-30(22-26-10-3-1-4-11-26)31(23-27-12-5-2-6-13-27)41-25-28(37-38-41)24-39-18-20-40(21-19-39)32-34-16-9-17-35-32/h1-6,9-13,16-17,25,29-31H,7-8,14-15,18-24H2,(H,36,42)/t30-,31-/m0/s1. The zero-order chi connectivity index (χ0) is 29.3. The molecule has 2 aromatic heterocycles. The average molecular weight is 581 g/mol. The molecule has 0 spiro atoms. The molecular weight excluding hydrogens is 540 g/mol. The van der Waals surface area contributed by atoms with E-state index >= 15 is 0 Å². The Balaban J connectivity index is 1.19. The van der Waals surface area contributed by atoms with Crippen LogP contribution in [0.25, 0.3) is 0 Å². The summed E-state index contributed by atoms with van der Waals surface area (Å²) in [6.45, 7) is 4.22. The maximum Gasteiger partial charge on any atom is 0.407 e. The molecule has 1 aliphatic heterocycles. The number of nitrogens with one attached hydrogen (secondary N) is 1. The summed E-state index contributed by atoms with van der Waals surface area (Å²) in [5.74, 6) is 0.778. The monoisotopic (exact) mass is 580 g/mol. The zero-order valence-electron chi connectivity index (χ0n) is 24.5. The van der Waals surface area contributed by atoms with Gasteiger partial charge < -0.3 is 15.0 Å².